The van der Waals surface area contributed by atoms with Crippen molar-refractivity contribution in [1.29, 1.82) is 0 Å². The fraction of sp³-hybridized carbons (Fsp3) is 0.462. The molecule has 3 heteroatoms. The first kappa shape index (κ1) is 12.7. The first-order valence-electron chi connectivity index (χ1n) is 5.62. The van der Waals surface area contributed by atoms with Crippen LogP contribution in [-0.2, 0) is 11.5 Å². The predicted octanol–water partition coefficient (Wildman–Crippen LogP) is 2.19. The number of benzene rings is 1. The molecular weight excluding hydrogens is 202 g/mol. The number of hydrogen-bond acceptors (Lipinski definition) is 1. The number of nitrogens with one attached hydrogen (secondary N) is 1. The van der Waals surface area contributed by atoms with Gasteiger partial charge in [0.2, 0.25) is 0 Å². The van der Waals surface area contributed by atoms with E-state index in [9.17, 15) is 9.90 Å². The molecule has 3 nitrogen and oxygen atoms in total. The maximum absolute atomic E-state index is 11.8. The zero-order valence-corrected chi connectivity index (χ0v) is 9.82. The minimum absolute atomic E-state index is 0.0588. The second-order valence-corrected chi connectivity index (χ2v) is 4.09. The van der Waals surface area contributed by atoms with Gasteiger partial charge in [0.1, 0.15) is 0 Å². The van der Waals surface area contributed by atoms with E-state index in [1.807, 2.05) is 32.0 Å². The largest absolute Gasteiger partial charge is 0.350 e. The van der Waals surface area contributed by atoms with Crippen LogP contribution in [0.4, 0.5) is 0 Å². The molecule has 0 saturated heterocycles. The number of aryl methyl sites for hydroxylation is 1. The summed E-state index contributed by atoms with van der Waals surface area (Å²) in [6, 6.07) is 7.57. The van der Waals surface area contributed by atoms with Crippen molar-refractivity contribution in [2.45, 2.75) is 32.7 Å². The van der Waals surface area contributed by atoms with Crippen LogP contribution in [0.15, 0.2) is 24.3 Å². The van der Waals surface area contributed by atoms with E-state index in [2.05, 4.69) is 5.32 Å². The van der Waals surface area contributed by atoms with Gasteiger partial charge in [-0.05, 0) is 38.3 Å². The van der Waals surface area contributed by atoms with Crippen molar-refractivity contribution >= 4 is 5.91 Å². The lowest BCUT2D eigenvalue weighted by Gasteiger charge is -2.11. The highest BCUT2D eigenvalue weighted by Gasteiger charge is 2.10. The molecule has 0 unspecified atom stereocenters. The van der Waals surface area contributed by atoms with Crippen LogP contribution in [-0.4, -0.2) is 18.6 Å². The van der Waals surface area contributed by atoms with Gasteiger partial charge in [0.05, 0.1) is 6.61 Å². The molecule has 87 valence electrons. The average Bonchev–Trinajstić information content (AvgIpc) is 2.25. The maximum Gasteiger partial charge on any atom is 0.251 e. The van der Waals surface area contributed by atoms with E-state index in [0.29, 0.717) is 18.4 Å². The average molecular weight is 220 g/mol. The molecular formula is C13H18NO2. The molecule has 16 heavy (non-hydrogen) atoms. The smallest absolute Gasteiger partial charge is 0.251 e. The molecule has 0 bridgehead atoms. The fourth-order valence-corrected chi connectivity index (χ4v) is 1.56. The van der Waals surface area contributed by atoms with E-state index in [-0.39, 0.29) is 18.6 Å². The van der Waals surface area contributed by atoms with Crippen LogP contribution >= 0.6 is 0 Å². The van der Waals surface area contributed by atoms with Crippen molar-refractivity contribution in [3.8, 4) is 0 Å². The van der Waals surface area contributed by atoms with Crippen LogP contribution in [0.3, 0.4) is 0 Å². The molecule has 0 aliphatic rings. The van der Waals surface area contributed by atoms with E-state index in [1.54, 1.807) is 6.07 Å². The van der Waals surface area contributed by atoms with Gasteiger partial charge in [-0.3, -0.25) is 4.79 Å². The van der Waals surface area contributed by atoms with Crippen molar-refractivity contribution in [2.24, 2.45) is 0 Å². The third kappa shape index (κ3) is 3.66. The first-order chi connectivity index (χ1) is 7.65. The van der Waals surface area contributed by atoms with Gasteiger partial charge in [-0.2, -0.15) is 0 Å². The summed E-state index contributed by atoms with van der Waals surface area (Å²) < 4.78 is 0. The SMILES string of the molecule is CC(C)NC(=O)c1ccccc1CCC[O]. The van der Waals surface area contributed by atoms with Crippen LogP contribution in [0.2, 0.25) is 0 Å². The molecule has 1 amide bonds. The lowest BCUT2D eigenvalue weighted by Crippen LogP contribution is -2.30. The topological polar surface area (TPSA) is 49.0 Å². The van der Waals surface area contributed by atoms with Crippen molar-refractivity contribution < 1.29 is 9.90 Å². The number of hydrogen-bond donors (Lipinski definition) is 1. The molecule has 0 aromatic heterocycles. The molecule has 1 aromatic carbocycles. The normalized spacial score (nSPS) is 10.5. The highest BCUT2D eigenvalue weighted by Crippen LogP contribution is 2.11. The Hall–Kier alpha value is -1.35. The molecule has 0 atom stereocenters. The first-order valence-corrected chi connectivity index (χ1v) is 5.62. The Morgan fingerprint density at radius 2 is 2.00 bits per heavy atom. The van der Waals surface area contributed by atoms with E-state index in [0.717, 1.165) is 5.56 Å². The number of amides is 1. The minimum atomic E-state index is -0.0971. The fourth-order valence-electron chi connectivity index (χ4n) is 1.56. The zero-order chi connectivity index (χ0) is 12.0. The second kappa shape index (κ2) is 6.28. The van der Waals surface area contributed by atoms with Crippen LogP contribution in [0.1, 0.15) is 36.2 Å². The summed E-state index contributed by atoms with van der Waals surface area (Å²) in [6.45, 7) is 3.76. The van der Waals surface area contributed by atoms with Crippen molar-refractivity contribution in [3.05, 3.63) is 35.4 Å². The Bertz CT molecular complexity index is 348. The third-order valence-corrected chi connectivity index (χ3v) is 2.27. The maximum atomic E-state index is 11.8. The standard InChI is InChI=1S/C13H18NO2/c1-10(2)14-13(16)12-8-4-3-6-11(12)7-5-9-15/h3-4,6,8,10H,5,7,9H2,1-2H3,(H,14,16). The predicted molar refractivity (Wildman–Crippen MR) is 62.9 cm³/mol. The van der Waals surface area contributed by atoms with Crippen LogP contribution in [0.5, 0.6) is 0 Å². The number of rotatable bonds is 5. The van der Waals surface area contributed by atoms with Gasteiger partial charge in [0.25, 0.3) is 5.91 Å². The summed E-state index contributed by atoms with van der Waals surface area (Å²) in [7, 11) is 0. The Kier molecular flexibility index (Phi) is 4.99. The molecule has 1 N–H and O–H groups in total. The molecule has 0 fully saturated rings. The molecule has 0 heterocycles. The van der Waals surface area contributed by atoms with Gasteiger partial charge in [-0.25, -0.2) is 5.11 Å². The Balaban J connectivity index is 2.81. The van der Waals surface area contributed by atoms with Gasteiger partial charge < -0.3 is 5.32 Å². The van der Waals surface area contributed by atoms with Gasteiger partial charge in [0, 0.05) is 11.6 Å². The van der Waals surface area contributed by atoms with Crippen LogP contribution in [0, 0.1) is 0 Å². The monoisotopic (exact) mass is 220 g/mol. The van der Waals surface area contributed by atoms with E-state index in [1.165, 1.54) is 0 Å². The van der Waals surface area contributed by atoms with Crippen molar-refractivity contribution in [1.82, 2.24) is 5.32 Å². The summed E-state index contributed by atoms with van der Waals surface area (Å²) in [5.74, 6) is -0.0588. The molecule has 0 aliphatic carbocycles. The summed E-state index contributed by atoms with van der Waals surface area (Å²) in [5.41, 5.74) is 1.64. The lowest BCUT2D eigenvalue weighted by atomic mass is 10.0. The van der Waals surface area contributed by atoms with E-state index in [4.69, 9.17) is 0 Å². The van der Waals surface area contributed by atoms with Crippen LogP contribution < -0.4 is 5.32 Å². The third-order valence-electron chi connectivity index (χ3n) is 2.27. The Labute approximate surface area is 96.5 Å². The second-order valence-electron chi connectivity index (χ2n) is 4.09. The lowest BCUT2D eigenvalue weighted by molar-refractivity contribution is 0.0941. The number of carbonyl (C=O) groups excluding carboxylic acids is 1. The Morgan fingerprint density at radius 3 is 2.62 bits per heavy atom. The van der Waals surface area contributed by atoms with Crippen molar-refractivity contribution in [2.75, 3.05) is 6.61 Å². The number of carbonyl (C=O) groups is 1. The Morgan fingerprint density at radius 1 is 1.31 bits per heavy atom. The molecule has 0 aliphatic heterocycles. The highest BCUT2D eigenvalue weighted by molar-refractivity contribution is 5.95. The van der Waals surface area contributed by atoms with Crippen molar-refractivity contribution in [3.63, 3.8) is 0 Å². The van der Waals surface area contributed by atoms with Gasteiger partial charge in [-0.1, -0.05) is 18.2 Å². The molecule has 1 rings (SSSR count). The molecule has 0 saturated carbocycles. The quantitative estimate of drug-likeness (QED) is 0.812. The van der Waals surface area contributed by atoms with Crippen LogP contribution in [0.25, 0.3) is 0 Å². The highest BCUT2D eigenvalue weighted by atomic mass is 16.2. The molecule has 0 spiro atoms. The van der Waals surface area contributed by atoms with E-state index < -0.39 is 0 Å². The minimum Gasteiger partial charge on any atom is -0.350 e. The summed E-state index contributed by atoms with van der Waals surface area (Å²) >= 11 is 0. The van der Waals surface area contributed by atoms with Gasteiger partial charge >= 0.3 is 0 Å². The summed E-state index contributed by atoms with van der Waals surface area (Å²) in [4.78, 5) is 11.8. The van der Waals surface area contributed by atoms with Gasteiger partial charge in [0.15, 0.2) is 0 Å². The van der Waals surface area contributed by atoms with Gasteiger partial charge in [-0.15, -0.1) is 0 Å². The van der Waals surface area contributed by atoms with E-state index >= 15 is 0 Å². The summed E-state index contributed by atoms with van der Waals surface area (Å²) in [6.07, 6.45) is 1.25. The zero-order valence-electron chi connectivity index (χ0n) is 9.82. The molecule has 1 radical (unpaired) electrons. The molecule has 1 aromatic rings. The summed E-state index contributed by atoms with van der Waals surface area (Å²) in [5, 5.41) is 13.3.